The fraction of sp³-hybridized carbons (Fsp3) is 0.100. The van der Waals surface area contributed by atoms with Crippen LogP contribution in [0.2, 0.25) is 0 Å². The molecule has 0 aliphatic heterocycles. The van der Waals surface area contributed by atoms with Gasteiger partial charge in [-0.2, -0.15) is 0 Å². The number of fused-ring (bicyclic) bond motifs is 1. The van der Waals surface area contributed by atoms with Crippen LogP contribution in [0.4, 0.5) is 26.3 Å². The van der Waals surface area contributed by atoms with Crippen molar-refractivity contribution in [3.63, 3.8) is 0 Å². The average molecular weight is 472 g/mol. The first-order valence-corrected chi connectivity index (χ1v) is 10.4. The van der Waals surface area contributed by atoms with Gasteiger partial charge >= 0.3 is 0 Å². The van der Waals surface area contributed by atoms with Crippen molar-refractivity contribution in [1.29, 1.82) is 0 Å². The van der Waals surface area contributed by atoms with Crippen molar-refractivity contribution in [3.8, 4) is 11.1 Å². The molecule has 0 saturated heterocycles. The van der Waals surface area contributed by atoms with E-state index in [1.165, 1.54) is 31.3 Å². The molecule has 0 aliphatic carbocycles. The predicted octanol–water partition coefficient (Wildman–Crippen LogP) is 5.79. The highest BCUT2D eigenvalue weighted by Gasteiger charge is 2.26. The lowest BCUT2D eigenvalue weighted by Gasteiger charge is -2.10. The summed E-state index contributed by atoms with van der Waals surface area (Å²) in [4.78, 5) is 17.5. The van der Waals surface area contributed by atoms with Crippen LogP contribution >= 0.6 is 23.1 Å². The van der Waals surface area contributed by atoms with E-state index in [1.807, 2.05) is 0 Å². The molecule has 0 saturated carbocycles. The lowest BCUT2D eigenvalue weighted by molar-refractivity contribution is 0.372. The standard InChI is InChI=1S/C20H10F6N2OS2/c1-28-19(29)12-10(8-2-4-9(21)5-3-8)6-30-18(12)27-20(28)31-7-11-13(22)15(24)17(26)16(25)14(11)23/h2-6H,7H2,1H3. The van der Waals surface area contributed by atoms with Crippen LogP contribution in [-0.4, -0.2) is 9.55 Å². The van der Waals surface area contributed by atoms with Gasteiger partial charge in [0, 0.05) is 29.3 Å². The van der Waals surface area contributed by atoms with Crippen LogP contribution in [-0.2, 0) is 12.8 Å². The molecule has 0 aliphatic rings. The summed E-state index contributed by atoms with van der Waals surface area (Å²) in [6, 6.07) is 5.54. The van der Waals surface area contributed by atoms with Gasteiger partial charge in [0.15, 0.2) is 28.4 Å². The average Bonchev–Trinajstić information content (AvgIpc) is 3.18. The van der Waals surface area contributed by atoms with Gasteiger partial charge in [-0.05, 0) is 17.7 Å². The quantitative estimate of drug-likeness (QED) is 0.124. The van der Waals surface area contributed by atoms with Crippen molar-refractivity contribution in [3.05, 3.63) is 80.5 Å². The maximum atomic E-state index is 13.9. The van der Waals surface area contributed by atoms with Gasteiger partial charge < -0.3 is 0 Å². The topological polar surface area (TPSA) is 34.9 Å². The van der Waals surface area contributed by atoms with Gasteiger partial charge in [-0.15, -0.1) is 11.3 Å². The van der Waals surface area contributed by atoms with Gasteiger partial charge in [0.1, 0.15) is 10.6 Å². The molecule has 31 heavy (non-hydrogen) atoms. The molecule has 0 unspecified atom stereocenters. The molecule has 0 bridgehead atoms. The van der Waals surface area contributed by atoms with E-state index in [-0.39, 0.29) is 10.5 Å². The Morgan fingerprint density at radius 1 is 0.935 bits per heavy atom. The van der Waals surface area contributed by atoms with Gasteiger partial charge in [-0.25, -0.2) is 31.3 Å². The molecule has 0 amide bonds. The first-order valence-electron chi connectivity index (χ1n) is 8.58. The summed E-state index contributed by atoms with van der Waals surface area (Å²) in [5.41, 5.74) is -0.322. The molecule has 4 rings (SSSR count). The Labute approximate surface area is 179 Å². The number of hydrogen-bond donors (Lipinski definition) is 0. The van der Waals surface area contributed by atoms with Crippen LogP contribution < -0.4 is 5.56 Å². The van der Waals surface area contributed by atoms with Crippen LogP contribution in [0.5, 0.6) is 0 Å². The summed E-state index contributed by atoms with van der Waals surface area (Å²) >= 11 is 1.80. The molecule has 3 nitrogen and oxygen atoms in total. The predicted molar refractivity (Wildman–Crippen MR) is 106 cm³/mol. The fourth-order valence-electron chi connectivity index (χ4n) is 2.94. The van der Waals surface area contributed by atoms with Crippen molar-refractivity contribution in [2.24, 2.45) is 7.05 Å². The van der Waals surface area contributed by atoms with Gasteiger partial charge in [-0.1, -0.05) is 23.9 Å². The Hall–Kier alpha value is -2.79. The second-order valence-corrected chi connectivity index (χ2v) is 8.23. The van der Waals surface area contributed by atoms with E-state index in [0.29, 0.717) is 27.7 Å². The third-order valence-electron chi connectivity index (χ3n) is 4.58. The summed E-state index contributed by atoms with van der Waals surface area (Å²) in [7, 11) is 1.38. The first kappa shape index (κ1) is 21.4. The SMILES string of the molecule is Cn1c(SCc2c(F)c(F)c(F)c(F)c2F)nc2scc(-c3ccc(F)cc3)c2c1=O. The molecule has 2 aromatic carbocycles. The van der Waals surface area contributed by atoms with Crippen LogP contribution in [0.3, 0.4) is 0 Å². The van der Waals surface area contributed by atoms with Crippen molar-refractivity contribution in [2.45, 2.75) is 10.9 Å². The van der Waals surface area contributed by atoms with E-state index < -0.39 is 51.8 Å². The first-order chi connectivity index (χ1) is 14.7. The maximum absolute atomic E-state index is 13.9. The lowest BCUT2D eigenvalue weighted by atomic mass is 10.1. The van der Waals surface area contributed by atoms with Crippen molar-refractivity contribution in [1.82, 2.24) is 9.55 Å². The second-order valence-electron chi connectivity index (χ2n) is 6.43. The van der Waals surface area contributed by atoms with Crippen LogP contribution in [0.15, 0.2) is 39.6 Å². The molecule has 0 N–H and O–H groups in total. The molecular weight excluding hydrogens is 462 g/mol. The normalized spacial score (nSPS) is 11.5. The fourth-order valence-corrected chi connectivity index (χ4v) is 4.89. The largest absolute Gasteiger partial charge is 0.290 e. The van der Waals surface area contributed by atoms with E-state index in [9.17, 15) is 31.1 Å². The minimum Gasteiger partial charge on any atom is -0.290 e. The Balaban J connectivity index is 1.74. The molecule has 2 heterocycles. The number of rotatable bonds is 4. The van der Waals surface area contributed by atoms with Crippen LogP contribution in [0, 0.1) is 34.9 Å². The highest BCUT2D eigenvalue weighted by atomic mass is 32.2. The van der Waals surface area contributed by atoms with Gasteiger partial charge in [0.25, 0.3) is 5.56 Å². The third-order valence-corrected chi connectivity index (χ3v) is 6.50. The zero-order valence-electron chi connectivity index (χ0n) is 15.5. The Kier molecular flexibility index (Phi) is 5.56. The number of aromatic nitrogens is 2. The summed E-state index contributed by atoms with van der Waals surface area (Å²) in [5.74, 6) is -11.2. The van der Waals surface area contributed by atoms with Gasteiger partial charge in [0.05, 0.1) is 5.39 Å². The molecule has 4 aromatic rings. The van der Waals surface area contributed by atoms with Gasteiger partial charge in [0.2, 0.25) is 5.82 Å². The summed E-state index contributed by atoms with van der Waals surface area (Å²) in [6.07, 6.45) is 0. The molecule has 0 atom stereocenters. The molecule has 0 fully saturated rings. The molecule has 2 aromatic heterocycles. The third kappa shape index (κ3) is 3.61. The summed E-state index contributed by atoms with van der Waals surface area (Å²) in [5, 5.41) is 1.98. The number of benzene rings is 2. The van der Waals surface area contributed by atoms with E-state index >= 15 is 0 Å². The van der Waals surface area contributed by atoms with Crippen molar-refractivity contribution >= 4 is 33.3 Å². The number of nitrogens with zero attached hydrogens (tertiary/aromatic N) is 2. The maximum Gasteiger partial charge on any atom is 0.263 e. The lowest BCUT2D eigenvalue weighted by Crippen LogP contribution is -2.19. The van der Waals surface area contributed by atoms with Crippen LogP contribution in [0.1, 0.15) is 5.56 Å². The molecule has 11 heteroatoms. The van der Waals surface area contributed by atoms with E-state index in [0.717, 1.165) is 15.9 Å². The Morgan fingerprint density at radius 3 is 2.13 bits per heavy atom. The number of halogens is 6. The number of thiophene rings is 1. The van der Waals surface area contributed by atoms with Crippen LogP contribution in [0.25, 0.3) is 21.3 Å². The summed E-state index contributed by atoms with van der Waals surface area (Å²) in [6.45, 7) is 0. The molecular formula is C20H10F6N2OS2. The minimum atomic E-state index is -2.23. The smallest absolute Gasteiger partial charge is 0.263 e. The van der Waals surface area contributed by atoms with E-state index in [4.69, 9.17) is 0 Å². The Bertz CT molecular complexity index is 1350. The van der Waals surface area contributed by atoms with Crippen molar-refractivity contribution in [2.75, 3.05) is 0 Å². The van der Waals surface area contributed by atoms with E-state index in [2.05, 4.69) is 4.98 Å². The number of hydrogen-bond acceptors (Lipinski definition) is 4. The molecule has 0 radical (unpaired) electrons. The summed E-state index contributed by atoms with van der Waals surface area (Å²) < 4.78 is 82.2. The minimum absolute atomic E-state index is 0.0361. The molecule has 0 spiro atoms. The highest BCUT2D eigenvalue weighted by molar-refractivity contribution is 7.98. The monoisotopic (exact) mass is 472 g/mol. The highest BCUT2D eigenvalue weighted by Crippen LogP contribution is 2.33. The second kappa shape index (κ2) is 8.04. The van der Waals surface area contributed by atoms with Gasteiger partial charge in [-0.3, -0.25) is 9.36 Å². The number of thioether (sulfide) groups is 1. The van der Waals surface area contributed by atoms with Crippen molar-refractivity contribution < 1.29 is 26.3 Å². The Morgan fingerprint density at radius 2 is 1.52 bits per heavy atom. The van der Waals surface area contributed by atoms with E-state index in [1.54, 1.807) is 5.38 Å². The zero-order valence-corrected chi connectivity index (χ0v) is 17.1. The molecule has 160 valence electrons. The zero-order chi connectivity index (χ0) is 22.4.